The number of nitrogens with one attached hydrogen (secondary N) is 1. The van der Waals surface area contributed by atoms with E-state index in [1.807, 2.05) is 34.9 Å². The van der Waals surface area contributed by atoms with Gasteiger partial charge in [-0.3, -0.25) is 9.69 Å². The van der Waals surface area contributed by atoms with E-state index < -0.39 is 6.10 Å². The Kier molecular flexibility index (Phi) is 8.21. The maximum atomic E-state index is 12.8. The highest BCUT2D eigenvalue weighted by molar-refractivity contribution is 5.92. The van der Waals surface area contributed by atoms with Gasteiger partial charge in [-0.25, -0.2) is 4.98 Å². The number of β-amino-alcohol motifs (C(OH)–C–C–N with tert-alkyl or cyclic N) is 1. The number of aliphatic hydroxyl groups is 1. The molecule has 1 aliphatic rings. The fourth-order valence-electron chi connectivity index (χ4n) is 4.65. The molecule has 0 spiro atoms. The summed E-state index contributed by atoms with van der Waals surface area (Å²) >= 11 is 0. The largest absolute Gasteiger partial charge is 0.390 e. The molecule has 4 rings (SSSR count). The van der Waals surface area contributed by atoms with Gasteiger partial charge < -0.3 is 19.9 Å². The maximum Gasteiger partial charge on any atom is 0.271 e. The molecule has 3 aromatic rings. The van der Waals surface area contributed by atoms with Crippen LogP contribution in [0.15, 0.2) is 54.7 Å². The van der Waals surface area contributed by atoms with Crippen molar-refractivity contribution in [3.05, 3.63) is 77.4 Å². The van der Waals surface area contributed by atoms with Crippen molar-refractivity contribution < 1.29 is 9.90 Å². The van der Waals surface area contributed by atoms with Crippen molar-refractivity contribution in [2.75, 3.05) is 44.2 Å². The molecule has 1 saturated heterocycles. The molecular formula is C28H37N5O2. The number of amides is 1. The summed E-state index contributed by atoms with van der Waals surface area (Å²) in [5.41, 5.74) is 5.32. The van der Waals surface area contributed by atoms with Crippen LogP contribution in [0.25, 0.3) is 5.69 Å². The normalized spacial score (nSPS) is 15.3. The highest BCUT2D eigenvalue weighted by Crippen LogP contribution is 2.24. The highest BCUT2D eigenvalue weighted by atomic mass is 16.3. The van der Waals surface area contributed by atoms with Crippen molar-refractivity contribution in [3.63, 3.8) is 0 Å². The van der Waals surface area contributed by atoms with Gasteiger partial charge >= 0.3 is 0 Å². The van der Waals surface area contributed by atoms with E-state index in [1.165, 1.54) is 16.8 Å². The van der Waals surface area contributed by atoms with Crippen molar-refractivity contribution in [1.29, 1.82) is 0 Å². The number of nitrogens with zero attached hydrogens (tertiary/aromatic N) is 4. The Morgan fingerprint density at radius 1 is 1.06 bits per heavy atom. The Morgan fingerprint density at radius 2 is 1.80 bits per heavy atom. The third-order valence-corrected chi connectivity index (χ3v) is 6.78. The van der Waals surface area contributed by atoms with E-state index in [9.17, 15) is 9.90 Å². The van der Waals surface area contributed by atoms with Crippen molar-refractivity contribution >= 4 is 11.6 Å². The molecular weight excluding hydrogens is 438 g/mol. The number of piperazine rings is 1. The molecule has 2 aromatic carbocycles. The molecule has 1 unspecified atom stereocenters. The molecule has 35 heavy (non-hydrogen) atoms. The van der Waals surface area contributed by atoms with Gasteiger partial charge in [0.2, 0.25) is 0 Å². The Balaban J connectivity index is 1.28. The van der Waals surface area contributed by atoms with Gasteiger partial charge in [0.25, 0.3) is 5.91 Å². The summed E-state index contributed by atoms with van der Waals surface area (Å²) in [4.78, 5) is 22.0. The van der Waals surface area contributed by atoms with Crippen LogP contribution < -0.4 is 10.2 Å². The number of rotatable bonds is 9. The lowest BCUT2D eigenvalue weighted by Crippen LogP contribution is -2.50. The van der Waals surface area contributed by atoms with E-state index in [1.54, 1.807) is 6.20 Å². The fourth-order valence-corrected chi connectivity index (χ4v) is 4.65. The van der Waals surface area contributed by atoms with Crippen LogP contribution in [0.2, 0.25) is 0 Å². The minimum absolute atomic E-state index is 0.206. The zero-order valence-corrected chi connectivity index (χ0v) is 21.1. The third kappa shape index (κ3) is 6.10. The first-order valence-electron chi connectivity index (χ1n) is 12.6. The molecule has 2 heterocycles. The molecule has 1 fully saturated rings. The van der Waals surface area contributed by atoms with E-state index in [0.717, 1.165) is 50.5 Å². The summed E-state index contributed by atoms with van der Waals surface area (Å²) in [6.45, 7) is 10.8. The van der Waals surface area contributed by atoms with Gasteiger partial charge in [-0.05, 0) is 49.6 Å². The fraction of sp³-hybridized carbons (Fsp3) is 0.429. The van der Waals surface area contributed by atoms with Crippen LogP contribution in [0.3, 0.4) is 0 Å². The molecule has 1 amide bonds. The van der Waals surface area contributed by atoms with Gasteiger partial charge in [-0.1, -0.05) is 37.3 Å². The molecule has 1 aliphatic heterocycles. The topological polar surface area (TPSA) is 73.6 Å². The summed E-state index contributed by atoms with van der Waals surface area (Å²) in [6, 6.07) is 16.4. The van der Waals surface area contributed by atoms with Crippen molar-refractivity contribution in [2.45, 2.75) is 39.7 Å². The molecule has 7 heteroatoms. The van der Waals surface area contributed by atoms with Crippen molar-refractivity contribution in [3.8, 4) is 5.69 Å². The number of carbonyl (C=O) groups excluding carboxylic acids is 1. The predicted octanol–water partition coefficient (Wildman–Crippen LogP) is 3.35. The van der Waals surface area contributed by atoms with E-state index in [4.69, 9.17) is 0 Å². The average molecular weight is 476 g/mol. The number of aromatic nitrogens is 2. The lowest BCUT2D eigenvalue weighted by Gasteiger charge is -2.37. The smallest absolute Gasteiger partial charge is 0.271 e. The highest BCUT2D eigenvalue weighted by Gasteiger charge is 2.22. The minimum atomic E-state index is -0.627. The van der Waals surface area contributed by atoms with Gasteiger partial charge in [-0.15, -0.1) is 0 Å². The van der Waals surface area contributed by atoms with Crippen molar-refractivity contribution in [1.82, 2.24) is 19.8 Å². The standard InChI is InChI=1S/C28H37N5O2/c1-4-9-27-30-25(20-33(27)23-11-6-5-7-12-23)28(35)29-18-24(34)19-31-14-16-32(17-15-31)26-13-8-10-21(2)22(26)3/h5-8,10-13,20,24,34H,4,9,14-19H2,1-3H3,(H,29,35). The summed E-state index contributed by atoms with van der Waals surface area (Å²) in [6.07, 6.45) is 2.89. The van der Waals surface area contributed by atoms with Gasteiger partial charge in [0.05, 0.1) is 6.10 Å². The number of hydrogen-bond acceptors (Lipinski definition) is 5. The van der Waals surface area contributed by atoms with Gasteiger partial charge in [0, 0.05) is 63.3 Å². The predicted molar refractivity (Wildman–Crippen MR) is 140 cm³/mol. The number of para-hydroxylation sites is 1. The van der Waals surface area contributed by atoms with Crippen LogP contribution in [0.1, 0.15) is 40.8 Å². The zero-order chi connectivity index (χ0) is 24.8. The number of imidazole rings is 1. The lowest BCUT2D eigenvalue weighted by atomic mass is 10.1. The average Bonchev–Trinajstić information content (AvgIpc) is 3.30. The van der Waals surface area contributed by atoms with Crippen LogP contribution in [0, 0.1) is 13.8 Å². The molecule has 1 atom stereocenters. The van der Waals surface area contributed by atoms with Crippen LogP contribution in [-0.2, 0) is 6.42 Å². The van der Waals surface area contributed by atoms with E-state index in [2.05, 4.69) is 59.1 Å². The maximum absolute atomic E-state index is 12.8. The summed E-state index contributed by atoms with van der Waals surface area (Å²) in [5.74, 6) is 0.613. The third-order valence-electron chi connectivity index (χ3n) is 6.78. The summed E-state index contributed by atoms with van der Waals surface area (Å²) in [5, 5.41) is 13.5. The van der Waals surface area contributed by atoms with Gasteiger partial charge in [-0.2, -0.15) is 0 Å². The second-order valence-electron chi connectivity index (χ2n) is 9.37. The number of carbonyl (C=O) groups is 1. The Hall–Kier alpha value is -3.16. The number of anilines is 1. The molecule has 0 aliphatic carbocycles. The second-order valence-corrected chi connectivity index (χ2v) is 9.37. The Labute approximate surface area is 208 Å². The minimum Gasteiger partial charge on any atom is -0.390 e. The quantitative estimate of drug-likeness (QED) is 0.497. The molecule has 0 saturated carbocycles. The molecule has 1 aromatic heterocycles. The van der Waals surface area contributed by atoms with Gasteiger partial charge in [0.15, 0.2) is 0 Å². The van der Waals surface area contributed by atoms with E-state index >= 15 is 0 Å². The van der Waals surface area contributed by atoms with Crippen LogP contribution in [0.5, 0.6) is 0 Å². The van der Waals surface area contributed by atoms with Crippen LogP contribution in [-0.4, -0.2) is 70.8 Å². The Morgan fingerprint density at radius 3 is 2.51 bits per heavy atom. The summed E-state index contributed by atoms with van der Waals surface area (Å²) < 4.78 is 1.98. The first kappa shape index (κ1) is 24.9. The van der Waals surface area contributed by atoms with Crippen molar-refractivity contribution in [2.24, 2.45) is 0 Å². The summed E-state index contributed by atoms with van der Waals surface area (Å²) in [7, 11) is 0. The van der Waals surface area contributed by atoms with E-state index in [0.29, 0.717) is 12.2 Å². The number of aryl methyl sites for hydroxylation is 2. The monoisotopic (exact) mass is 475 g/mol. The molecule has 0 radical (unpaired) electrons. The van der Waals surface area contributed by atoms with Crippen LogP contribution in [0.4, 0.5) is 5.69 Å². The molecule has 2 N–H and O–H groups in total. The first-order chi connectivity index (χ1) is 17.0. The zero-order valence-electron chi connectivity index (χ0n) is 21.1. The first-order valence-corrected chi connectivity index (χ1v) is 12.6. The molecule has 186 valence electrons. The number of benzene rings is 2. The molecule has 7 nitrogen and oxygen atoms in total. The Bertz CT molecular complexity index is 1120. The lowest BCUT2D eigenvalue weighted by molar-refractivity contribution is 0.0848. The number of aliphatic hydroxyl groups excluding tert-OH is 1. The second kappa shape index (κ2) is 11.5. The van der Waals surface area contributed by atoms with Gasteiger partial charge in [0.1, 0.15) is 11.5 Å². The molecule has 0 bridgehead atoms. The van der Waals surface area contributed by atoms with Crippen LogP contribution >= 0.6 is 0 Å². The van der Waals surface area contributed by atoms with E-state index in [-0.39, 0.29) is 12.5 Å². The SMILES string of the molecule is CCCc1nc(C(=O)NCC(O)CN2CCN(c3cccc(C)c3C)CC2)cn1-c1ccccc1. The number of hydrogen-bond donors (Lipinski definition) is 2.